The monoisotopic (exact) mass is 271 g/mol. The molecule has 2 N–H and O–H groups in total. The van der Waals surface area contributed by atoms with Crippen molar-refractivity contribution in [1.29, 1.82) is 5.26 Å². The number of anilines is 1. The van der Waals surface area contributed by atoms with Crippen molar-refractivity contribution >= 4 is 17.6 Å². The van der Waals surface area contributed by atoms with E-state index in [1.54, 1.807) is 24.3 Å². The number of nitriles is 1. The number of para-hydroxylation sites is 1. The molecule has 0 fully saturated rings. The van der Waals surface area contributed by atoms with E-state index in [0.29, 0.717) is 11.3 Å². The number of carboxylic acids is 1. The molecule has 1 amide bonds. The number of aliphatic carboxylic acids is 1. The third-order valence-electron chi connectivity index (χ3n) is 2.36. The van der Waals surface area contributed by atoms with Crippen LogP contribution in [0.15, 0.2) is 30.5 Å². The average molecular weight is 271 g/mol. The SMILES string of the molecule is N#Cc1ccccc1NC(=O)c1cn(CC(=O)O)nn1. The number of amides is 1. The predicted molar refractivity (Wildman–Crippen MR) is 66.8 cm³/mol. The fourth-order valence-electron chi connectivity index (χ4n) is 1.49. The highest BCUT2D eigenvalue weighted by Crippen LogP contribution is 2.14. The number of hydrogen-bond acceptors (Lipinski definition) is 5. The highest BCUT2D eigenvalue weighted by molar-refractivity contribution is 6.03. The Bertz CT molecular complexity index is 701. The van der Waals surface area contributed by atoms with Crippen LogP contribution in [0.3, 0.4) is 0 Å². The van der Waals surface area contributed by atoms with Gasteiger partial charge in [0.15, 0.2) is 5.69 Å². The molecule has 0 bridgehead atoms. The molecule has 1 aromatic heterocycles. The Morgan fingerprint density at radius 3 is 2.85 bits per heavy atom. The summed E-state index contributed by atoms with van der Waals surface area (Å²) in [5, 5.41) is 27.1. The summed E-state index contributed by atoms with van der Waals surface area (Å²) in [5.74, 6) is -1.65. The van der Waals surface area contributed by atoms with Crippen molar-refractivity contribution in [2.24, 2.45) is 0 Å². The Morgan fingerprint density at radius 2 is 2.15 bits per heavy atom. The Morgan fingerprint density at radius 1 is 1.40 bits per heavy atom. The fourth-order valence-corrected chi connectivity index (χ4v) is 1.49. The molecule has 1 aromatic carbocycles. The summed E-state index contributed by atoms with van der Waals surface area (Å²) >= 11 is 0. The molecule has 2 aromatic rings. The van der Waals surface area contributed by atoms with Crippen molar-refractivity contribution in [2.45, 2.75) is 6.54 Å². The zero-order valence-electron chi connectivity index (χ0n) is 10.1. The number of hydrogen-bond donors (Lipinski definition) is 2. The van der Waals surface area contributed by atoms with Gasteiger partial charge in [0, 0.05) is 0 Å². The molecule has 0 aliphatic rings. The maximum atomic E-state index is 11.9. The van der Waals surface area contributed by atoms with Gasteiger partial charge in [0.05, 0.1) is 17.4 Å². The zero-order valence-corrected chi connectivity index (χ0v) is 10.1. The number of nitrogens with zero attached hydrogens (tertiary/aromatic N) is 4. The molecule has 0 aliphatic heterocycles. The van der Waals surface area contributed by atoms with Gasteiger partial charge in [-0.25, -0.2) is 4.68 Å². The largest absolute Gasteiger partial charge is 0.480 e. The lowest BCUT2D eigenvalue weighted by Crippen LogP contribution is -2.13. The molecule has 2 rings (SSSR count). The second-order valence-electron chi connectivity index (χ2n) is 3.81. The molecule has 8 nitrogen and oxygen atoms in total. The minimum absolute atomic E-state index is 0.0287. The van der Waals surface area contributed by atoms with Gasteiger partial charge in [-0.1, -0.05) is 17.3 Å². The van der Waals surface area contributed by atoms with Crippen molar-refractivity contribution in [3.63, 3.8) is 0 Å². The summed E-state index contributed by atoms with van der Waals surface area (Å²) in [5.41, 5.74) is 0.644. The van der Waals surface area contributed by atoms with Crippen LogP contribution < -0.4 is 5.32 Å². The highest BCUT2D eigenvalue weighted by Gasteiger charge is 2.13. The van der Waals surface area contributed by atoms with Gasteiger partial charge >= 0.3 is 5.97 Å². The molecule has 1 heterocycles. The van der Waals surface area contributed by atoms with Gasteiger partial charge in [0.2, 0.25) is 0 Å². The first-order chi connectivity index (χ1) is 9.60. The lowest BCUT2D eigenvalue weighted by Gasteiger charge is -2.03. The van der Waals surface area contributed by atoms with Gasteiger partial charge in [0.25, 0.3) is 5.91 Å². The van der Waals surface area contributed by atoms with Crippen LogP contribution in [0.1, 0.15) is 16.1 Å². The van der Waals surface area contributed by atoms with E-state index in [0.717, 1.165) is 4.68 Å². The number of carbonyl (C=O) groups is 2. The smallest absolute Gasteiger partial charge is 0.325 e. The molecule has 0 unspecified atom stereocenters. The van der Waals surface area contributed by atoms with E-state index < -0.39 is 11.9 Å². The van der Waals surface area contributed by atoms with Crippen LogP contribution in [-0.2, 0) is 11.3 Å². The lowest BCUT2D eigenvalue weighted by atomic mass is 10.2. The average Bonchev–Trinajstić information content (AvgIpc) is 2.87. The highest BCUT2D eigenvalue weighted by atomic mass is 16.4. The van der Waals surface area contributed by atoms with E-state index in [9.17, 15) is 9.59 Å². The van der Waals surface area contributed by atoms with Gasteiger partial charge in [-0.3, -0.25) is 9.59 Å². The first-order valence-electron chi connectivity index (χ1n) is 5.52. The summed E-state index contributed by atoms with van der Waals surface area (Å²) in [6, 6.07) is 8.45. The first kappa shape index (κ1) is 13.2. The van der Waals surface area contributed by atoms with Crippen LogP contribution in [0, 0.1) is 11.3 Å². The first-order valence-corrected chi connectivity index (χ1v) is 5.52. The Hall–Kier alpha value is -3.21. The molecule has 0 saturated heterocycles. The quantitative estimate of drug-likeness (QED) is 0.834. The predicted octanol–water partition coefficient (Wildman–Crippen LogP) is 0.487. The second-order valence-corrected chi connectivity index (χ2v) is 3.81. The van der Waals surface area contributed by atoms with Crippen LogP contribution in [-0.4, -0.2) is 32.0 Å². The van der Waals surface area contributed by atoms with E-state index in [1.165, 1.54) is 6.20 Å². The van der Waals surface area contributed by atoms with Gasteiger partial charge in [-0.15, -0.1) is 5.10 Å². The third-order valence-corrected chi connectivity index (χ3v) is 2.36. The van der Waals surface area contributed by atoms with Crippen molar-refractivity contribution in [3.05, 3.63) is 41.7 Å². The number of carbonyl (C=O) groups excluding carboxylic acids is 1. The lowest BCUT2D eigenvalue weighted by molar-refractivity contribution is -0.137. The summed E-state index contributed by atoms with van der Waals surface area (Å²) in [7, 11) is 0. The van der Waals surface area contributed by atoms with Gasteiger partial charge in [0.1, 0.15) is 12.6 Å². The van der Waals surface area contributed by atoms with E-state index in [4.69, 9.17) is 10.4 Å². The molecule has 20 heavy (non-hydrogen) atoms. The summed E-state index contributed by atoms with van der Waals surface area (Å²) in [6.07, 6.45) is 1.22. The summed E-state index contributed by atoms with van der Waals surface area (Å²) in [6.45, 7) is -0.380. The number of carboxylic acid groups (broad SMARTS) is 1. The van der Waals surface area contributed by atoms with Gasteiger partial charge in [-0.05, 0) is 12.1 Å². The molecular weight excluding hydrogens is 262 g/mol. The Labute approximate surface area is 113 Å². The minimum Gasteiger partial charge on any atom is -0.480 e. The maximum absolute atomic E-state index is 11.9. The van der Waals surface area contributed by atoms with E-state index in [1.807, 2.05) is 6.07 Å². The van der Waals surface area contributed by atoms with Crippen molar-refractivity contribution < 1.29 is 14.7 Å². The van der Waals surface area contributed by atoms with Crippen molar-refractivity contribution in [1.82, 2.24) is 15.0 Å². The van der Waals surface area contributed by atoms with Crippen LogP contribution in [0.4, 0.5) is 5.69 Å². The topological polar surface area (TPSA) is 121 Å². The van der Waals surface area contributed by atoms with Gasteiger partial charge < -0.3 is 10.4 Å². The molecule has 0 spiro atoms. The fraction of sp³-hybridized carbons (Fsp3) is 0.0833. The van der Waals surface area contributed by atoms with E-state index in [-0.39, 0.29) is 12.2 Å². The van der Waals surface area contributed by atoms with Crippen molar-refractivity contribution in [3.8, 4) is 6.07 Å². The molecule has 8 heteroatoms. The number of nitrogens with one attached hydrogen (secondary N) is 1. The Kier molecular flexibility index (Phi) is 3.72. The van der Waals surface area contributed by atoms with E-state index >= 15 is 0 Å². The number of aromatic nitrogens is 3. The Balaban J connectivity index is 2.14. The van der Waals surface area contributed by atoms with Crippen LogP contribution in [0.2, 0.25) is 0 Å². The minimum atomic E-state index is -1.09. The molecular formula is C12H9N5O3. The summed E-state index contributed by atoms with van der Waals surface area (Å²) in [4.78, 5) is 22.4. The molecule has 0 atom stereocenters. The van der Waals surface area contributed by atoms with Crippen LogP contribution >= 0.6 is 0 Å². The van der Waals surface area contributed by atoms with Crippen LogP contribution in [0.25, 0.3) is 0 Å². The second kappa shape index (κ2) is 5.62. The number of benzene rings is 1. The third kappa shape index (κ3) is 2.97. The van der Waals surface area contributed by atoms with Crippen molar-refractivity contribution in [2.75, 3.05) is 5.32 Å². The van der Waals surface area contributed by atoms with Crippen LogP contribution in [0.5, 0.6) is 0 Å². The summed E-state index contributed by atoms with van der Waals surface area (Å²) < 4.78 is 1.04. The molecule has 100 valence electrons. The molecule has 0 radical (unpaired) electrons. The zero-order chi connectivity index (χ0) is 14.5. The normalized spacial score (nSPS) is 9.75. The standard InChI is InChI=1S/C12H9N5O3/c13-5-8-3-1-2-4-9(8)14-12(20)10-6-17(16-15-10)7-11(18)19/h1-4,6H,7H2,(H,14,20)(H,18,19). The maximum Gasteiger partial charge on any atom is 0.325 e. The van der Waals surface area contributed by atoms with Gasteiger partial charge in [-0.2, -0.15) is 5.26 Å². The molecule has 0 aliphatic carbocycles. The molecule has 0 saturated carbocycles. The number of rotatable bonds is 4. The van der Waals surface area contributed by atoms with E-state index in [2.05, 4.69) is 15.6 Å².